The van der Waals surface area contributed by atoms with Crippen molar-refractivity contribution in [2.45, 2.75) is 37.1 Å². The number of sulfonamides is 1. The van der Waals surface area contributed by atoms with Crippen LogP contribution >= 0.6 is 0 Å². The minimum atomic E-state index is -4.03. The number of nitrogen functional groups attached to an aromatic ring is 1. The maximum absolute atomic E-state index is 13.3. The number of anilines is 2. The number of hydrogen-bond acceptors (Lipinski definition) is 8. The Balaban J connectivity index is 1.78. The molecule has 0 saturated carbocycles. The third kappa shape index (κ3) is 7.71. The van der Waals surface area contributed by atoms with E-state index in [0.717, 1.165) is 6.04 Å². The van der Waals surface area contributed by atoms with Crippen LogP contribution in [0.4, 0.5) is 16.2 Å². The summed E-state index contributed by atoms with van der Waals surface area (Å²) in [6.07, 6.45) is 2.30. The van der Waals surface area contributed by atoms with E-state index in [1.165, 1.54) is 37.4 Å². The van der Waals surface area contributed by atoms with Gasteiger partial charge in [0.15, 0.2) is 0 Å². The zero-order valence-corrected chi connectivity index (χ0v) is 23.4. The normalized spacial score (nSPS) is 11.7. The van der Waals surface area contributed by atoms with Crippen LogP contribution in [-0.2, 0) is 21.3 Å². The molecular weight excluding hydrogens is 514 g/mol. The van der Waals surface area contributed by atoms with Crippen LogP contribution < -0.4 is 25.2 Å². The molecule has 0 aliphatic carbocycles. The monoisotopic (exact) mass is 547 g/mol. The fourth-order valence-electron chi connectivity index (χ4n) is 3.31. The number of rotatable bonds is 11. The Labute approximate surface area is 218 Å². The minimum Gasteiger partial charge on any atom is -0.497 e. The number of benzene rings is 2. The van der Waals surface area contributed by atoms with Crippen molar-refractivity contribution < 1.29 is 27.4 Å². The molecule has 2 aromatic carbocycles. The maximum Gasteiger partial charge on any atom is 0.411 e. The summed E-state index contributed by atoms with van der Waals surface area (Å²) >= 11 is 0. The van der Waals surface area contributed by atoms with Crippen molar-refractivity contribution >= 4 is 35.6 Å². The quantitative estimate of drug-likeness (QED) is 0.242. The van der Waals surface area contributed by atoms with Crippen LogP contribution in [0, 0.1) is 0 Å². The predicted octanol–water partition coefficient (Wildman–Crippen LogP) is 3.84. The maximum atomic E-state index is 13.3. The summed E-state index contributed by atoms with van der Waals surface area (Å²) in [5.41, 5.74) is 7.40. The summed E-state index contributed by atoms with van der Waals surface area (Å²) in [7, 11) is -2.33. The summed E-state index contributed by atoms with van der Waals surface area (Å²) in [6.45, 7) is 6.89. The first-order valence-corrected chi connectivity index (χ1v) is 16.7. The second-order valence-corrected chi connectivity index (χ2v) is 16.8. The number of amides is 1. The molecule has 1 amide bonds. The van der Waals surface area contributed by atoms with Gasteiger partial charge in [0.2, 0.25) is 10.0 Å². The molecule has 1 aromatic heterocycles. The molecule has 0 unspecified atom stereocenters. The van der Waals surface area contributed by atoms with Gasteiger partial charge >= 0.3 is 6.09 Å². The lowest BCUT2D eigenvalue weighted by Gasteiger charge is -2.15. The fourth-order valence-corrected chi connectivity index (χ4v) is 5.25. The second kappa shape index (κ2) is 11.7. The Kier molecular flexibility index (Phi) is 8.84. The number of aromatic nitrogens is 2. The van der Waals surface area contributed by atoms with Crippen molar-refractivity contribution in [1.82, 2.24) is 14.5 Å². The van der Waals surface area contributed by atoms with E-state index < -0.39 is 24.2 Å². The molecular formula is C24H33N5O6SSi. The van der Waals surface area contributed by atoms with E-state index in [1.807, 2.05) is 0 Å². The van der Waals surface area contributed by atoms with Gasteiger partial charge in [-0.05, 0) is 30.3 Å². The average Bonchev–Trinajstić information content (AvgIpc) is 3.29. The molecule has 37 heavy (non-hydrogen) atoms. The lowest BCUT2D eigenvalue weighted by Crippen LogP contribution is -2.25. The standard InChI is InChI=1S/C24H33N5O6SSi/c1-33-20-8-6-17(22(13-20)34-2)14-27-36(31,32)23-12-18(25)7-9-21(23)29-16-19(15-26-29)28-24(30)35-10-11-37(3,4)5/h6-9,12-13,15-16,27H,10-11,14,25H2,1-5H3,(H,28,30). The molecule has 0 aliphatic rings. The van der Waals surface area contributed by atoms with Gasteiger partial charge in [0.05, 0.1) is 44.6 Å². The molecule has 0 fully saturated rings. The topological polar surface area (TPSA) is 147 Å². The van der Waals surface area contributed by atoms with E-state index in [4.69, 9.17) is 19.9 Å². The molecule has 13 heteroatoms. The van der Waals surface area contributed by atoms with Gasteiger partial charge in [-0.1, -0.05) is 25.7 Å². The number of nitrogens with zero attached hydrogens (tertiary/aromatic N) is 2. The molecule has 0 saturated heterocycles. The summed E-state index contributed by atoms with van der Waals surface area (Å²) in [5, 5.41) is 6.83. The fraction of sp³-hybridized carbons (Fsp3) is 0.333. The third-order valence-corrected chi connectivity index (χ3v) is 8.52. The highest BCUT2D eigenvalue weighted by atomic mass is 32.2. The van der Waals surface area contributed by atoms with Crippen LogP contribution in [0.1, 0.15) is 5.56 Å². The first-order valence-electron chi connectivity index (χ1n) is 11.5. The van der Waals surface area contributed by atoms with Crippen molar-refractivity contribution in [3.8, 4) is 17.2 Å². The Morgan fingerprint density at radius 2 is 1.86 bits per heavy atom. The van der Waals surface area contributed by atoms with E-state index in [-0.39, 0.29) is 22.8 Å². The summed E-state index contributed by atoms with van der Waals surface area (Å²) in [5.74, 6) is 1.07. The Morgan fingerprint density at radius 3 is 2.54 bits per heavy atom. The number of methoxy groups -OCH3 is 2. The van der Waals surface area contributed by atoms with Crippen LogP contribution in [0.25, 0.3) is 5.69 Å². The van der Waals surface area contributed by atoms with Crippen molar-refractivity contribution in [2.75, 3.05) is 31.9 Å². The molecule has 0 bridgehead atoms. The van der Waals surface area contributed by atoms with E-state index in [0.29, 0.717) is 29.4 Å². The summed E-state index contributed by atoms with van der Waals surface area (Å²) in [6, 6.07) is 10.4. The first kappa shape index (κ1) is 28.0. The van der Waals surface area contributed by atoms with Crippen molar-refractivity contribution in [3.63, 3.8) is 0 Å². The molecule has 0 radical (unpaired) electrons. The Bertz CT molecular complexity index is 1350. The van der Waals surface area contributed by atoms with Crippen LogP contribution in [0.5, 0.6) is 11.5 Å². The highest BCUT2D eigenvalue weighted by molar-refractivity contribution is 7.89. The predicted molar refractivity (Wildman–Crippen MR) is 145 cm³/mol. The Morgan fingerprint density at radius 1 is 1.11 bits per heavy atom. The number of hydrogen-bond donors (Lipinski definition) is 3. The van der Waals surface area contributed by atoms with Gasteiger partial charge in [-0.3, -0.25) is 5.32 Å². The molecule has 4 N–H and O–H groups in total. The number of nitrogens with one attached hydrogen (secondary N) is 2. The molecule has 3 aromatic rings. The number of nitrogens with two attached hydrogens (primary N) is 1. The molecule has 0 aliphatic heterocycles. The zero-order chi connectivity index (χ0) is 27.2. The highest BCUT2D eigenvalue weighted by Gasteiger charge is 2.22. The third-order valence-electron chi connectivity index (χ3n) is 5.38. The number of ether oxygens (including phenoxy) is 3. The molecule has 0 atom stereocenters. The van der Waals surface area contributed by atoms with E-state index in [2.05, 4.69) is 34.8 Å². The van der Waals surface area contributed by atoms with Gasteiger partial charge in [0.25, 0.3) is 0 Å². The van der Waals surface area contributed by atoms with E-state index >= 15 is 0 Å². The Hall–Kier alpha value is -3.55. The van der Waals surface area contributed by atoms with Crippen molar-refractivity contribution in [2.24, 2.45) is 0 Å². The largest absolute Gasteiger partial charge is 0.497 e. The highest BCUT2D eigenvalue weighted by Crippen LogP contribution is 2.27. The van der Waals surface area contributed by atoms with Gasteiger partial charge in [-0.25, -0.2) is 22.6 Å². The smallest absolute Gasteiger partial charge is 0.411 e. The lowest BCUT2D eigenvalue weighted by molar-refractivity contribution is 0.167. The van der Waals surface area contributed by atoms with Gasteiger partial charge in [-0.15, -0.1) is 0 Å². The number of carbonyl (C=O) groups excluding carboxylic acids is 1. The molecule has 3 rings (SSSR count). The SMILES string of the molecule is COc1ccc(CNS(=O)(=O)c2cc(N)ccc2-n2cc(NC(=O)OCC[Si](C)(C)C)cn2)c(OC)c1. The molecule has 200 valence electrons. The molecule has 1 heterocycles. The van der Waals surface area contributed by atoms with E-state index in [1.54, 1.807) is 30.3 Å². The molecule has 11 nitrogen and oxygen atoms in total. The zero-order valence-electron chi connectivity index (χ0n) is 21.6. The molecule has 0 spiro atoms. The van der Waals surface area contributed by atoms with Crippen LogP contribution in [0.3, 0.4) is 0 Å². The second-order valence-electron chi connectivity index (χ2n) is 9.47. The van der Waals surface area contributed by atoms with Gasteiger partial charge in [0, 0.05) is 31.9 Å². The van der Waals surface area contributed by atoms with E-state index in [9.17, 15) is 13.2 Å². The van der Waals surface area contributed by atoms with Crippen LogP contribution in [0.15, 0.2) is 53.7 Å². The van der Waals surface area contributed by atoms with Gasteiger partial charge in [0.1, 0.15) is 16.4 Å². The minimum absolute atomic E-state index is 0.0289. The van der Waals surface area contributed by atoms with Crippen LogP contribution in [-0.4, -0.2) is 53.2 Å². The average molecular weight is 548 g/mol. The lowest BCUT2D eigenvalue weighted by atomic mass is 10.2. The van der Waals surface area contributed by atoms with Crippen molar-refractivity contribution in [3.05, 3.63) is 54.4 Å². The summed E-state index contributed by atoms with van der Waals surface area (Å²) < 4.78 is 46.3. The van der Waals surface area contributed by atoms with Gasteiger partial charge < -0.3 is 19.9 Å². The van der Waals surface area contributed by atoms with Crippen molar-refractivity contribution in [1.29, 1.82) is 0 Å². The van der Waals surface area contributed by atoms with Crippen LogP contribution in [0.2, 0.25) is 25.7 Å². The van der Waals surface area contributed by atoms with Gasteiger partial charge in [-0.2, -0.15) is 5.10 Å². The first-order chi connectivity index (χ1) is 17.4. The summed E-state index contributed by atoms with van der Waals surface area (Å²) in [4.78, 5) is 12.1. The number of carbonyl (C=O) groups is 1.